The number of hydrogen-bond donors (Lipinski definition) is 1. The van der Waals surface area contributed by atoms with Gasteiger partial charge < -0.3 is 14.8 Å². The molecule has 3 nitrogen and oxygen atoms in total. The molecule has 1 aliphatic rings. The lowest BCUT2D eigenvalue weighted by Crippen LogP contribution is -2.24. The van der Waals surface area contributed by atoms with Crippen LogP contribution in [0.15, 0.2) is 16.8 Å². The van der Waals surface area contributed by atoms with E-state index >= 15 is 0 Å². The number of thiophene rings is 1. The van der Waals surface area contributed by atoms with Gasteiger partial charge in [-0.2, -0.15) is 11.3 Å². The highest BCUT2D eigenvalue weighted by molar-refractivity contribution is 7.07. The molecule has 0 spiro atoms. The summed E-state index contributed by atoms with van der Waals surface area (Å²) < 4.78 is 11.1. The van der Waals surface area contributed by atoms with Crippen LogP contribution in [-0.4, -0.2) is 39.0 Å². The van der Waals surface area contributed by atoms with Gasteiger partial charge in [-0.05, 0) is 48.2 Å². The fraction of sp³-hybridized carbons (Fsp3) is 0.692. The lowest BCUT2D eigenvalue weighted by Gasteiger charge is -2.10. The molecule has 0 saturated carbocycles. The van der Waals surface area contributed by atoms with Gasteiger partial charge in [0.05, 0.1) is 19.3 Å². The van der Waals surface area contributed by atoms with E-state index in [0.717, 1.165) is 45.8 Å². The Morgan fingerprint density at radius 1 is 1.47 bits per heavy atom. The normalized spacial score (nSPS) is 19.9. The van der Waals surface area contributed by atoms with E-state index in [2.05, 4.69) is 22.1 Å². The number of ether oxygens (including phenoxy) is 2. The van der Waals surface area contributed by atoms with Crippen LogP contribution >= 0.6 is 11.3 Å². The molecule has 0 radical (unpaired) electrons. The van der Waals surface area contributed by atoms with Crippen molar-refractivity contribution in [2.24, 2.45) is 0 Å². The van der Waals surface area contributed by atoms with Gasteiger partial charge in [0, 0.05) is 13.2 Å². The van der Waals surface area contributed by atoms with Gasteiger partial charge in [0.1, 0.15) is 0 Å². The van der Waals surface area contributed by atoms with Crippen molar-refractivity contribution in [1.29, 1.82) is 0 Å². The minimum Gasteiger partial charge on any atom is -0.377 e. The zero-order chi connectivity index (χ0) is 11.8. The first-order valence-corrected chi connectivity index (χ1v) is 7.30. The standard InChI is InChI=1S/C13H21NO2S/c1-2-13(16-7-1)10-15-8-6-14-5-3-12-4-9-17-11-12/h4,9,11,13-14H,1-3,5-8,10H2. The minimum atomic E-state index is 0.348. The van der Waals surface area contributed by atoms with Gasteiger partial charge in [0.25, 0.3) is 0 Å². The average Bonchev–Trinajstić information content (AvgIpc) is 3.00. The van der Waals surface area contributed by atoms with Crippen LogP contribution < -0.4 is 5.32 Å². The number of nitrogens with one attached hydrogen (secondary N) is 1. The lowest BCUT2D eigenvalue weighted by molar-refractivity contribution is 0.0184. The van der Waals surface area contributed by atoms with Gasteiger partial charge in [0.2, 0.25) is 0 Å². The zero-order valence-electron chi connectivity index (χ0n) is 10.2. The molecule has 1 aromatic rings. The van der Waals surface area contributed by atoms with Gasteiger partial charge in [-0.25, -0.2) is 0 Å². The van der Waals surface area contributed by atoms with E-state index in [-0.39, 0.29) is 0 Å². The van der Waals surface area contributed by atoms with E-state index in [4.69, 9.17) is 9.47 Å². The summed E-state index contributed by atoms with van der Waals surface area (Å²) in [6.07, 6.45) is 3.80. The van der Waals surface area contributed by atoms with Gasteiger partial charge in [0.15, 0.2) is 0 Å². The average molecular weight is 255 g/mol. The Morgan fingerprint density at radius 3 is 3.24 bits per heavy atom. The second-order valence-corrected chi connectivity index (χ2v) is 5.12. The summed E-state index contributed by atoms with van der Waals surface area (Å²) in [5.74, 6) is 0. The van der Waals surface area contributed by atoms with Crippen LogP contribution in [0.5, 0.6) is 0 Å². The number of rotatable bonds is 8. The fourth-order valence-electron chi connectivity index (χ4n) is 1.93. The highest BCUT2D eigenvalue weighted by Gasteiger charge is 2.14. The van der Waals surface area contributed by atoms with Crippen molar-refractivity contribution in [3.8, 4) is 0 Å². The summed E-state index contributed by atoms with van der Waals surface area (Å²) >= 11 is 1.76. The van der Waals surface area contributed by atoms with E-state index in [1.54, 1.807) is 11.3 Å². The monoisotopic (exact) mass is 255 g/mol. The Bertz CT molecular complexity index is 284. The zero-order valence-corrected chi connectivity index (χ0v) is 11.0. The predicted octanol–water partition coefficient (Wildman–Crippen LogP) is 2.08. The molecule has 1 N–H and O–H groups in total. The summed E-state index contributed by atoms with van der Waals surface area (Å²) in [6, 6.07) is 2.18. The molecule has 1 aliphatic heterocycles. The Labute approximate surface area is 107 Å². The Hall–Kier alpha value is -0.420. The first-order chi connectivity index (χ1) is 8.45. The minimum absolute atomic E-state index is 0.348. The van der Waals surface area contributed by atoms with Crippen LogP contribution in [0.3, 0.4) is 0 Å². The molecule has 0 amide bonds. The van der Waals surface area contributed by atoms with Crippen molar-refractivity contribution in [2.75, 3.05) is 32.9 Å². The largest absolute Gasteiger partial charge is 0.377 e. The summed E-state index contributed by atoms with van der Waals surface area (Å²) in [7, 11) is 0. The van der Waals surface area contributed by atoms with Gasteiger partial charge >= 0.3 is 0 Å². The molecule has 1 atom stereocenters. The van der Waals surface area contributed by atoms with Crippen LogP contribution in [0.1, 0.15) is 18.4 Å². The SMILES string of the molecule is c1cc(CCNCCOCC2CCCO2)cs1. The first-order valence-electron chi connectivity index (χ1n) is 6.36. The van der Waals surface area contributed by atoms with E-state index < -0.39 is 0 Å². The molecule has 0 aliphatic carbocycles. The summed E-state index contributed by atoms with van der Waals surface area (Å²) in [5, 5.41) is 7.72. The van der Waals surface area contributed by atoms with E-state index in [9.17, 15) is 0 Å². The quantitative estimate of drug-likeness (QED) is 0.721. The topological polar surface area (TPSA) is 30.5 Å². The van der Waals surface area contributed by atoms with Crippen molar-refractivity contribution >= 4 is 11.3 Å². The summed E-state index contributed by atoms with van der Waals surface area (Å²) in [4.78, 5) is 0. The molecule has 1 saturated heterocycles. The fourth-order valence-corrected chi connectivity index (χ4v) is 2.63. The van der Waals surface area contributed by atoms with Crippen LogP contribution in [0.4, 0.5) is 0 Å². The third-order valence-electron chi connectivity index (χ3n) is 2.92. The van der Waals surface area contributed by atoms with Crippen LogP contribution in [0.25, 0.3) is 0 Å². The molecule has 1 aromatic heterocycles. The summed E-state index contributed by atoms with van der Waals surface area (Å²) in [5.41, 5.74) is 1.42. The van der Waals surface area contributed by atoms with Crippen LogP contribution in [0.2, 0.25) is 0 Å². The van der Waals surface area contributed by atoms with Gasteiger partial charge in [-0.1, -0.05) is 0 Å². The van der Waals surface area contributed by atoms with E-state index in [1.807, 2.05) is 0 Å². The van der Waals surface area contributed by atoms with Gasteiger partial charge in [-0.15, -0.1) is 0 Å². The molecule has 2 rings (SSSR count). The molecular formula is C13H21NO2S. The number of hydrogen-bond acceptors (Lipinski definition) is 4. The van der Waals surface area contributed by atoms with E-state index in [0.29, 0.717) is 6.10 Å². The predicted molar refractivity (Wildman–Crippen MR) is 70.7 cm³/mol. The molecule has 96 valence electrons. The van der Waals surface area contributed by atoms with Crippen LogP contribution in [0, 0.1) is 0 Å². The smallest absolute Gasteiger partial charge is 0.0809 e. The maximum Gasteiger partial charge on any atom is 0.0809 e. The Balaban J connectivity index is 1.39. The molecule has 2 heterocycles. The van der Waals surface area contributed by atoms with Crippen molar-refractivity contribution in [1.82, 2.24) is 5.32 Å². The third-order valence-corrected chi connectivity index (χ3v) is 3.65. The first kappa shape index (κ1) is 13.0. The molecule has 4 heteroatoms. The second-order valence-electron chi connectivity index (χ2n) is 4.34. The van der Waals surface area contributed by atoms with E-state index in [1.165, 1.54) is 12.0 Å². The highest BCUT2D eigenvalue weighted by atomic mass is 32.1. The molecule has 1 fully saturated rings. The van der Waals surface area contributed by atoms with Crippen molar-refractivity contribution in [3.05, 3.63) is 22.4 Å². The second kappa shape index (κ2) is 7.82. The maximum absolute atomic E-state index is 5.57. The molecule has 17 heavy (non-hydrogen) atoms. The van der Waals surface area contributed by atoms with Crippen molar-refractivity contribution in [2.45, 2.75) is 25.4 Å². The van der Waals surface area contributed by atoms with Crippen LogP contribution in [-0.2, 0) is 15.9 Å². The molecular weight excluding hydrogens is 234 g/mol. The maximum atomic E-state index is 5.57. The Morgan fingerprint density at radius 2 is 2.47 bits per heavy atom. The molecule has 1 unspecified atom stereocenters. The van der Waals surface area contributed by atoms with Gasteiger partial charge in [-0.3, -0.25) is 0 Å². The molecule has 0 bridgehead atoms. The molecule has 0 aromatic carbocycles. The van der Waals surface area contributed by atoms with Crippen molar-refractivity contribution in [3.63, 3.8) is 0 Å². The highest BCUT2D eigenvalue weighted by Crippen LogP contribution is 2.11. The van der Waals surface area contributed by atoms with Crippen molar-refractivity contribution < 1.29 is 9.47 Å². The lowest BCUT2D eigenvalue weighted by atomic mass is 10.2. The summed E-state index contributed by atoms with van der Waals surface area (Å²) in [6.45, 7) is 4.40. The third kappa shape index (κ3) is 5.17. The Kier molecular flexibility index (Phi) is 5.99.